The third kappa shape index (κ3) is 3.67. The zero-order chi connectivity index (χ0) is 13.5. The highest BCUT2D eigenvalue weighted by Crippen LogP contribution is 2.22. The number of nitrogens with zero attached hydrogens (tertiary/aromatic N) is 2. The molecule has 1 unspecified atom stereocenters. The van der Waals surface area contributed by atoms with Gasteiger partial charge in [0.2, 0.25) is 0 Å². The molecule has 1 rings (SSSR count). The van der Waals surface area contributed by atoms with Gasteiger partial charge >= 0.3 is 0 Å². The monoisotopic (exact) mass is 254 g/mol. The van der Waals surface area contributed by atoms with Gasteiger partial charge in [0.1, 0.15) is 11.6 Å². The fourth-order valence-electron chi connectivity index (χ4n) is 1.93. The van der Waals surface area contributed by atoms with E-state index in [4.69, 9.17) is 0 Å². The van der Waals surface area contributed by atoms with Crippen LogP contribution in [0.2, 0.25) is 0 Å². The predicted octanol–water partition coefficient (Wildman–Crippen LogP) is 3.12. The van der Waals surface area contributed by atoms with Gasteiger partial charge in [-0.3, -0.25) is 0 Å². The van der Waals surface area contributed by atoms with E-state index in [0.717, 1.165) is 25.8 Å². The summed E-state index contributed by atoms with van der Waals surface area (Å²) >= 11 is 0. The lowest BCUT2D eigenvalue weighted by Crippen LogP contribution is -2.35. The quantitative estimate of drug-likeness (QED) is 0.812. The topological polar surface area (TPSA) is 36.4 Å². The van der Waals surface area contributed by atoms with E-state index in [9.17, 15) is 9.50 Å². The Balaban J connectivity index is 3.03. The number of hydrogen-bond acceptors (Lipinski definition) is 3. The van der Waals surface area contributed by atoms with Gasteiger partial charge < -0.3 is 10.0 Å². The van der Waals surface area contributed by atoms with Crippen LogP contribution in [0.4, 0.5) is 10.2 Å². The van der Waals surface area contributed by atoms with Gasteiger partial charge in [0.15, 0.2) is 0 Å². The van der Waals surface area contributed by atoms with Crippen LogP contribution in [0.25, 0.3) is 0 Å². The van der Waals surface area contributed by atoms with Crippen molar-refractivity contribution in [2.24, 2.45) is 0 Å². The van der Waals surface area contributed by atoms with E-state index in [1.54, 1.807) is 0 Å². The molecule has 0 aliphatic heterocycles. The van der Waals surface area contributed by atoms with Crippen molar-refractivity contribution in [3.8, 4) is 0 Å². The molecule has 0 aliphatic carbocycles. The number of aliphatic hydroxyl groups is 1. The van der Waals surface area contributed by atoms with Gasteiger partial charge in [0, 0.05) is 18.2 Å². The highest BCUT2D eigenvalue weighted by molar-refractivity contribution is 5.47. The molecule has 1 heterocycles. The van der Waals surface area contributed by atoms with Gasteiger partial charge in [-0.25, -0.2) is 9.37 Å². The number of pyridine rings is 1. The maximum Gasteiger partial charge on any atom is 0.142 e. The SMILES string of the molecule is CCCCN(c1ncc(F)cc1CO)C(C)CC. The van der Waals surface area contributed by atoms with Crippen LogP contribution in [0.3, 0.4) is 0 Å². The molecule has 1 N–H and O–H groups in total. The third-order valence-electron chi connectivity index (χ3n) is 3.23. The molecule has 0 spiro atoms. The minimum atomic E-state index is -0.401. The summed E-state index contributed by atoms with van der Waals surface area (Å²) in [7, 11) is 0. The number of halogens is 1. The highest BCUT2D eigenvalue weighted by Gasteiger charge is 2.17. The van der Waals surface area contributed by atoms with E-state index >= 15 is 0 Å². The molecule has 1 aromatic rings. The normalized spacial score (nSPS) is 12.5. The lowest BCUT2D eigenvalue weighted by Gasteiger charge is -2.31. The Labute approximate surface area is 109 Å². The lowest BCUT2D eigenvalue weighted by atomic mass is 10.1. The van der Waals surface area contributed by atoms with Crippen molar-refractivity contribution in [3.05, 3.63) is 23.6 Å². The van der Waals surface area contributed by atoms with E-state index in [-0.39, 0.29) is 6.61 Å². The summed E-state index contributed by atoms with van der Waals surface area (Å²) < 4.78 is 13.1. The first-order valence-corrected chi connectivity index (χ1v) is 6.65. The van der Waals surface area contributed by atoms with Crippen LogP contribution in [0.15, 0.2) is 12.3 Å². The molecule has 1 aromatic heterocycles. The maximum absolute atomic E-state index is 13.1. The summed E-state index contributed by atoms with van der Waals surface area (Å²) in [6.07, 6.45) is 4.38. The van der Waals surface area contributed by atoms with Crippen molar-refractivity contribution in [2.45, 2.75) is 52.7 Å². The zero-order valence-corrected chi connectivity index (χ0v) is 11.5. The van der Waals surface area contributed by atoms with Crippen LogP contribution in [-0.2, 0) is 6.61 Å². The van der Waals surface area contributed by atoms with Gasteiger partial charge in [-0.2, -0.15) is 0 Å². The van der Waals surface area contributed by atoms with Crippen molar-refractivity contribution >= 4 is 5.82 Å². The number of aromatic nitrogens is 1. The first-order chi connectivity index (χ1) is 8.63. The molecule has 102 valence electrons. The molecule has 4 heteroatoms. The van der Waals surface area contributed by atoms with E-state index < -0.39 is 5.82 Å². The van der Waals surface area contributed by atoms with Crippen molar-refractivity contribution in [1.82, 2.24) is 4.98 Å². The van der Waals surface area contributed by atoms with E-state index in [0.29, 0.717) is 17.4 Å². The Morgan fingerprint density at radius 1 is 1.44 bits per heavy atom. The number of anilines is 1. The molecule has 0 saturated carbocycles. The fraction of sp³-hybridized carbons (Fsp3) is 0.643. The van der Waals surface area contributed by atoms with Crippen LogP contribution >= 0.6 is 0 Å². The van der Waals surface area contributed by atoms with Gasteiger partial charge in [0.25, 0.3) is 0 Å². The van der Waals surface area contributed by atoms with Crippen LogP contribution in [-0.4, -0.2) is 22.7 Å². The minimum Gasteiger partial charge on any atom is -0.392 e. The number of hydrogen-bond donors (Lipinski definition) is 1. The Kier molecular flexibility index (Phi) is 6.05. The smallest absolute Gasteiger partial charge is 0.142 e. The van der Waals surface area contributed by atoms with E-state index in [1.807, 2.05) is 0 Å². The first kappa shape index (κ1) is 14.9. The third-order valence-corrected chi connectivity index (χ3v) is 3.23. The molecular formula is C14H23FN2O. The maximum atomic E-state index is 13.1. The van der Waals surface area contributed by atoms with Crippen LogP contribution in [0.1, 0.15) is 45.6 Å². The first-order valence-electron chi connectivity index (χ1n) is 6.65. The standard InChI is InChI=1S/C14H23FN2O/c1-4-6-7-17(11(3)5-2)14-12(10-18)8-13(15)9-16-14/h8-9,11,18H,4-7,10H2,1-3H3. The molecule has 18 heavy (non-hydrogen) atoms. The molecule has 1 atom stereocenters. The molecule has 0 radical (unpaired) electrons. The summed E-state index contributed by atoms with van der Waals surface area (Å²) in [5, 5.41) is 9.34. The number of unbranched alkanes of at least 4 members (excludes halogenated alkanes) is 1. The molecule has 0 fully saturated rings. The Bertz CT molecular complexity index is 371. The minimum absolute atomic E-state index is 0.181. The van der Waals surface area contributed by atoms with Crippen molar-refractivity contribution in [3.63, 3.8) is 0 Å². The summed E-state index contributed by atoms with van der Waals surface area (Å²) in [5.41, 5.74) is 0.561. The van der Waals surface area contributed by atoms with Crippen molar-refractivity contribution in [2.75, 3.05) is 11.4 Å². The summed E-state index contributed by atoms with van der Waals surface area (Å²) in [4.78, 5) is 6.32. The summed E-state index contributed by atoms with van der Waals surface area (Å²) in [6.45, 7) is 7.09. The molecular weight excluding hydrogens is 231 g/mol. The predicted molar refractivity (Wildman–Crippen MR) is 72.1 cm³/mol. The van der Waals surface area contributed by atoms with Gasteiger partial charge in [-0.05, 0) is 25.8 Å². The molecule has 3 nitrogen and oxygen atoms in total. The molecule has 0 amide bonds. The van der Waals surface area contributed by atoms with E-state index in [2.05, 4.69) is 30.7 Å². The van der Waals surface area contributed by atoms with Crippen molar-refractivity contribution in [1.29, 1.82) is 0 Å². The second-order valence-electron chi connectivity index (χ2n) is 4.60. The molecule has 0 aliphatic rings. The van der Waals surface area contributed by atoms with Gasteiger partial charge in [0.05, 0.1) is 12.8 Å². The molecule has 0 saturated heterocycles. The summed E-state index contributed by atoms with van der Waals surface area (Å²) in [5.74, 6) is 0.309. The zero-order valence-electron chi connectivity index (χ0n) is 11.5. The Morgan fingerprint density at radius 3 is 2.72 bits per heavy atom. The number of rotatable bonds is 7. The largest absolute Gasteiger partial charge is 0.392 e. The average Bonchev–Trinajstić information content (AvgIpc) is 2.39. The average molecular weight is 254 g/mol. The lowest BCUT2D eigenvalue weighted by molar-refractivity contribution is 0.280. The molecule has 0 aromatic carbocycles. The fourth-order valence-corrected chi connectivity index (χ4v) is 1.93. The molecule has 0 bridgehead atoms. The van der Waals surface area contributed by atoms with Gasteiger partial charge in [-0.15, -0.1) is 0 Å². The second-order valence-corrected chi connectivity index (χ2v) is 4.60. The van der Waals surface area contributed by atoms with Crippen LogP contribution < -0.4 is 4.90 Å². The Hall–Kier alpha value is -1.16. The summed E-state index contributed by atoms with van der Waals surface area (Å²) in [6, 6.07) is 1.70. The second kappa shape index (κ2) is 7.31. The van der Waals surface area contributed by atoms with Crippen LogP contribution in [0.5, 0.6) is 0 Å². The van der Waals surface area contributed by atoms with Crippen LogP contribution in [0, 0.1) is 5.82 Å². The Morgan fingerprint density at radius 2 is 2.17 bits per heavy atom. The van der Waals surface area contributed by atoms with Gasteiger partial charge in [-0.1, -0.05) is 20.3 Å². The highest BCUT2D eigenvalue weighted by atomic mass is 19.1. The van der Waals surface area contributed by atoms with Crippen molar-refractivity contribution < 1.29 is 9.50 Å². The number of aliphatic hydroxyl groups excluding tert-OH is 1. The van der Waals surface area contributed by atoms with E-state index in [1.165, 1.54) is 12.3 Å².